The summed E-state index contributed by atoms with van der Waals surface area (Å²) in [5, 5.41) is -8.74. The summed E-state index contributed by atoms with van der Waals surface area (Å²) in [4.78, 5) is 0. The smallest absolute Gasteiger partial charge is 0.200 e. The fourth-order valence-corrected chi connectivity index (χ4v) is 17.4. The van der Waals surface area contributed by atoms with E-state index < -0.39 is 213 Å². The topological polar surface area (TPSA) is 27.7 Å². The Bertz CT molecular complexity index is 3070. The highest BCUT2D eigenvalue weighted by molar-refractivity contribution is 7.69. The molecule has 80 heavy (non-hydrogen) atoms. The fourth-order valence-electron chi connectivity index (χ4n) is 13.6. The van der Waals surface area contributed by atoms with Crippen LogP contribution in [0, 0.1) is 168 Å². The molecule has 3 fully saturated rings. The average Bonchev–Trinajstić information content (AvgIpc) is 3.46. The van der Waals surface area contributed by atoms with E-state index in [-0.39, 0.29) is 38.4 Å². The van der Waals surface area contributed by atoms with Crippen LogP contribution in [0.25, 0.3) is 0 Å². The van der Waals surface area contributed by atoms with Crippen molar-refractivity contribution in [2.24, 2.45) is 51.8 Å². The maximum Gasteiger partial charge on any atom is 0.200 e. The summed E-state index contributed by atoms with van der Waals surface area (Å²) in [6.45, 7) is 5.32. The minimum absolute atomic E-state index is 0.0344. The zero-order valence-corrected chi connectivity index (χ0v) is 44.0. The second-order valence-corrected chi connectivity index (χ2v) is 25.0. The number of halogens is 20. The van der Waals surface area contributed by atoms with Crippen molar-refractivity contribution in [3.8, 4) is 0 Å². The van der Waals surface area contributed by atoms with Crippen LogP contribution in [0.1, 0.15) is 71.8 Å². The Balaban J connectivity index is 1.23. The molecule has 5 aliphatic rings. The van der Waals surface area contributed by atoms with Crippen LogP contribution in [0.3, 0.4) is 0 Å². The van der Waals surface area contributed by atoms with Crippen LogP contribution in [-0.2, 0) is 20.4 Å². The quantitative estimate of drug-likeness (QED) is 0.0344. The summed E-state index contributed by atoms with van der Waals surface area (Å²) < 4.78 is 324. The van der Waals surface area contributed by atoms with Gasteiger partial charge in [0.25, 0.3) is 0 Å². The maximum atomic E-state index is 16.0. The molecular formula is C55H44F20O3P2. The Labute approximate surface area is 446 Å². The van der Waals surface area contributed by atoms with Gasteiger partial charge >= 0.3 is 0 Å². The average molecular weight is 1190 g/mol. The van der Waals surface area contributed by atoms with Crippen molar-refractivity contribution in [1.29, 1.82) is 0 Å². The minimum atomic E-state index is -4.43. The molecule has 10 rings (SSSR count). The van der Waals surface area contributed by atoms with E-state index >= 15 is 70.2 Å². The molecular weight excluding hydrogens is 1150 g/mol. The molecule has 0 amide bonds. The molecule has 2 bridgehead atoms. The zero-order chi connectivity index (χ0) is 58.6. The second-order valence-electron chi connectivity index (χ2n) is 21.5. The second kappa shape index (κ2) is 22.1. The van der Waals surface area contributed by atoms with Gasteiger partial charge < -0.3 is 13.8 Å². The summed E-state index contributed by atoms with van der Waals surface area (Å²) in [5.41, 5.74) is -1.40. The van der Waals surface area contributed by atoms with E-state index in [4.69, 9.17) is 13.8 Å². The van der Waals surface area contributed by atoms with E-state index in [1.165, 1.54) is 0 Å². The fraction of sp³-hybridized carbons (Fsp3) is 0.418. The van der Waals surface area contributed by atoms with Crippen LogP contribution in [-0.4, -0.2) is 19.8 Å². The molecule has 3 saturated carbocycles. The van der Waals surface area contributed by atoms with Crippen LogP contribution in [0.15, 0.2) is 42.0 Å². The minimum Gasteiger partial charge on any atom is -0.376 e. The highest BCUT2D eigenvalue weighted by Gasteiger charge is 2.68. The van der Waals surface area contributed by atoms with Crippen molar-refractivity contribution < 1.29 is 102 Å². The lowest BCUT2D eigenvalue weighted by Gasteiger charge is -2.70. The number of ether oxygens (including phenoxy) is 1. The summed E-state index contributed by atoms with van der Waals surface area (Å²) in [7, 11) is -8.85. The molecule has 25 heteroatoms. The highest BCUT2D eigenvalue weighted by atomic mass is 31.1. The summed E-state index contributed by atoms with van der Waals surface area (Å²) in [6, 6.07) is 9.18. The number of benzene rings is 5. The predicted molar refractivity (Wildman–Crippen MR) is 252 cm³/mol. The number of rotatable bonds is 15. The van der Waals surface area contributed by atoms with Crippen molar-refractivity contribution in [2.45, 2.75) is 72.8 Å². The number of hydrogen-bond acceptors (Lipinski definition) is 3. The lowest BCUT2D eigenvalue weighted by atomic mass is 9.34. The van der Waals surface area contributed by atoms with Crippen molar-refractivity contribution in [1.82, 2.24) is 0 Å². The van der Waals surface area contributed by atoms with Gasteiger partial charge in [-0.3, -0.25) is 0 Å². The van der Waals surface area contributed by atoms with E-state index in [1.807, 2.05) is 44.2 Å². The normalized spacial score (nSPS) is 25.5. The van der Waals surface area contributed by atoms with Gasteiger partial charge in [-0.2, -0.15) is 0 Å². The molecule has 5 aliphatic carbocycles. The van der Waals surface area contributed by atoms with E-state index in [0.29, 0.717) is 24.8 Å². The third-order valence-corrected chi connectivity index (χ3v) is 21.0. The SMILES string of the molecule is CC(C)C1=C[C@]23CCC4[C@](C)(COCc5ccccc5)CCC[C@]4(C)C2C[C@H]1[C@@H](COP(c1c(F)c(F)c(F)c(F)c1F)c1c(F)c(F)c(F)c(F)c1F)[C@H]3COP(c1c(F)c(F)c(F)c(F)c1F)c1c(F)c(F)c(F)c(F)c1F. The monoisotopic (exact) mass is 1190 g/mol. The molecule has 0 radical (unpaired) electrons. The van der Waals surface area contributed by atoms with Gasteiger partial charge in [0.2, 0.25) is 23.3 Å². The van der Waals surface area contributed by atoms with Crippen LogP contribution in [0.4, 0.5) is 87.8 Å². The van der Waals surface area contributed by atoms with Gasteiger partial charge in [-0.15, -0.1) is 0 Å². The first-order valence-electron chi connectivity index (χ1n) is 24.8. The molecule has 0 N–H and O–H groups in total. The van der Waals surface area contributed by atoms with Crippen LogP contribution in [0.2, 0.25) is 0 Å². The van der Waals surface area contributed by atoms with Crippen LogP contribution in [0.5, 0.6) is 0 Å². The number of fused-ring (bicyclic) bond motifs is 2. The summed E-state index contributed by atoms with van der Waals surface area (Å²) in [5.74, 6) is -61.1. The van der Waals surface area contributed by atoms with Crippen LogP contribution < -0.4 is 21.2 Å². The predicted octanol–water partition coefficient (Wildman–Crippen LogP) is 15.2. The van der Waals surface area contributed by atoms with Crippen LogP contribution >= 0.6 is 16.3 Å². The molecule has 2 unspecified atom stereocenters. The van der Waals surface area contributed by atoms with E-state index in [2.05, 4.69) is 0 Å². The van der Waals surface area contributed by atoms with Gasteiger partial charge in [0.05, 0.1) is 47.6 Å². The first-order valence-corrected chi connectivity index (χ1v) is 27.4. The molecule has 0 aliphatic heterocycles. The largest absolute Gasteiger partial charge is 0.376 e. The van der Waals surface area contributed by atoms with Gasteiger partial charge in [0, 0.05) is 0 Å². The maximum absolute atomic E-state index is 16.0. The Morgan fingerprint density at radius 1 is 0.487 bits per heavy atom. The summed E-state index contributed by atoms with van der Waals surface area (Å²) in [6.07, 6.45) is 3.88. The molecule has 0 aromatic heterocycles. The zero-order valence-electron chi connectivity index (χ0n) is 42.2. The van der Waals surface area contributed by atoms with Gasteiger partial charge in [-0.05, 0) is 89.4 Å². The molecule has 1 spiro atoms. The molecule has 432 valence electrons. The van der Waals surface area contributed by atoms with Crippen molar-refractivity contribution in [3.05, 3.63) is 164 Å². The molecule has 5 aromatic rings. The molecule has 3 nitrogen and oxygen atoms in total. The van der Waals surface area contributed by atoms with Gasteiger partial charge in [0.1, 0.15) is 16.3 Å². The van der Waals surface area contributed by atoms with E-state index in [0.717, 1.165) is 5.56 Å². The molecule has 0 heterocycles. The summed E-state index contributed by atoms with van der Waals surface area (Å²) >= 11 is 0. The Hall–Kier alpha value is -4.82. The third kappa shape index (κ3) is 9.42. The third-order valence-electron chi connectivity index (χ3n) is 17.0. The number of hydrogen-bond donors (Lipinski definition) is 0. The Kier molecular flexibility index (Phi) is 16.5. The van der Waals surface area contributed by atoms with Gasteiger partial charge in [0.15, 0.2) is 93.1 Å². The first-order chi connectivity index (χ1) is 37.6. The Morgan fingerprint density at radius 3 is 1.27 bits per heavy atom. The standard InChI is InChI=1S/C55H44F20O3P2/c1-21(2)24-16-55-14-11-27-53(3,20-76-17-22-9-6-5-7-10-22)12-8-13-54(27,4)28(55)15-23(24)25(18-77-79(49-41(68)33(60)29(56)34(61)42(49)69)50-43(70)35(62)30(57)36(63)44(50)71)26(55)19-78-80(51-45(72)37(64)31(58)38(65)46(51)73)52-47(74)39(66)32(59)40(67)48(52)75/h5-7,9-10,16,21,23,25-28H,8,11-15,17-20H2,1-4H3/t23-,25-,26-,27?,28?,53+,54+,55+/m1/s1. The highest BCUT2D eigenvalue weighted by Crippen LogP contribution is 2.74. The Morgan fingerprint density at radius 2 is 0.875 bits per heavy atom. The molecule has 5 aromatic carbocycles. The lowest BCUT2D eigenvalue weighted by Crippen LogP contribution is -2.65. The van der Waals surface area contributed by atoms with Crippen molar-refractivity contribution in [3.63, 3.8) is 0 Å². The van der Waals surface area contributed by atoms with Crippen molar-refractivity contribution >= 4 is 37.5 Å². The number of allylic oxidation sites excluding steroid dienone is 2. The molecule has 0 saturated heterocycles. The molecule has 8 atom stereocenters. The van der Waals surface area contributed by atoms with E-state index in [1.54, 1.807) is 19.9 Å². The van der Waals surface area contributed by atoms with E-state index in [9.17, 15) is 17.6 Å². The lowest BCUT2D eigenvalue weighted by molar-refractivity contribution is -0.199. The van der Waals surface area contributed by atoms with Crippen molar-refractivity contribution in [2.75, 3.05) is 19.8 Å². The van der Waals surface area contributed by atoms with Gasteiger partial charge in [-0.25, -0.2) is 87.8 Å². The van der Waals surface area contributed by atoms with Gasteiger partial charge in [-0.1, -0.05) is 76.1 Å². The first kappa shape index (κ1) is 59.8.